The van der Waals surface area contributed by atoms with Crippen molar-refractivity contribution in [1.82, 2.24) is 9.80 Å². The maximum absolute atomic E-state index is 14.4. The molecule has 1 aliphatic carbocycles. The summed E-state index contributed by atoms with van der Waals surface area (Å²) in [5, 5.41) is 10.2. The van der Waals surface area contributed by atoms with Gasteiger partial charge in [0, 0.05) is 17.4 Å². The van der Waals surface area contributed by atoms with Gasteiger partial charge in [0.15, 0.2) is 0 Å². The van der Waals surface area contributed by atoms with Gasteiger partial charge in [-0.3, -0.25) is 14.4 Å². The molecule has 1 saturated carbocycles. The Hall–Kier alpha value is -1.45. The molecular weight excluding hydrogens is 504 g/mol. The van der Waals surface area contributed by atoms with E-state index >= 15 is 0 Å². The summed E-state index contributed by atoms with van der Waals surface area (Å²) in [4.78, 5) is 44.5. The van der Waals surface area contributed by atoms with Crippen molar-refractivity contribution in [2.45, 2.75) is 93.5 Å². The standard InChI is InChI=1S/C25H37BrN2O6/c1-4-12-27(16-10-8-7-9-11-16)23(31)21-25-13-17(26)20(34-25)18(24(32)33-6-3)19(25)22(30)28(21)15(5-2)14-29/h4,15-21,29H,1,5-14H2,2-3H3/t15-,17?,18+,19-,20+,21+,25-/m0/s1. The molecule has 2 bridgehead atoms. The van der Waals surface area contributed by atoms with E-state index in [0.29, 0.717) is 19.4 Å². The Balaban J connectivity index is 1.78. The molecule has 3 aliphatic heterocycles. The van der Waals surface area contributed by atoms with Crippen LogP contribution in [-0.2, 0) is 23.9 Å². The van der Waals surface area contributed by atoms with E-state index in [1.54, 1.807) is 17.9 Å². The number of ether oxygens (including phenoxy) is 2. The summed E-state index contributed by atoms with van der Waals surface area (Å²) < 4.78 is 11.8. The number of carbonyl (C=O) groups excluding carboxylic acids is 3. The molecule has 190 valence electrons. The molecule has 0 aromatic heterocycles. The lowest BCUT2D eigenvalue weighted by atomic mass is 9.70. The molecule has 4 fully saturated rings. The smallest absolute Gasteiger partial charge is 0.312 e. The van der Waals surface area contributed by atoms with Crippen LogP contribution in [0.4, 0.5) is 0 Å². The van der Waals surface area contributed by atoms with Gasteiger partial charge in [0.2, 0.25) is 11.8 Å². The Morgan fingerprint density at radius 2 is 2.06 bits per heavy atom. The minimum Gasteiger partial charge on any atom is -0.466 e. The summed E-state index contributed by atoms with van der Waals surface area (Å²) in [6, 6.07) is -1.34. The first-order chi connectivity index (χ1) is 16.4. The molecule has 9 heteroatoms. The molecule has 1 N–H and O–H groups in total. The average molecular weight is 541 g/mol. The van der Waals surface area contributed by atoms with Crippen molar-refractivity contribution in [3.63, 3.8) is 0 Å². The lowest BCUT2D eigenvalue weighted by Gasteiger charge is -2.42. The van der Waals surface area contributed by atoms with Gasteiger partial charge in [-0.25, -0.2) is 0 Å². The van der Waals surface area contributed by atoms with E-state index < -0.39 is 41.6 Å². The van der Waals surface area contributed by atoms with Crippen molar-refractivity contribution < 1.29 is 29.0 Å². The van der Waals surface area contributed by atoms with Crippen molar-refractivity contribution in [1.29, 1.82) is 0 Å². The predicted octanol–water partition coefficient (Wildman–Crippen LogP) is 2.42. The molecule has 34 heavy (non-hydrogen) atoms. The lowest BCUT2D eigenvalue weighted by molar-refractivity contribution is -0.156. The largest absolute Gasteiger partial charge is 0.466 e. The molecule has 2 amide bonds. The monoisotopic (exact) mass is 540 g/mol. The molecule has 0 aromatic carbocycles. The van der Waals surface area contributed by atoms with Crippen LogP contribution in [0.2, 0.25) is 0 Å². The van der Waals surface area contributed by atoms with Gasteiger partial charge in [0.25, 0.3) is 0 Å². The quantitative estimate of drug-likeness (QED) is 0.274. The van der Waals surface area contributed by atoms with Gasteiger partial charge in [-0.2, -0.15) is 0 Å². The molecule has 3 heterocycles. The minimum absolute atomic E-state index is 0.0834. The molecule has 4 rings (SSSR count). The summed E-state index contributed by atoms with van der Waals surface area (Å²) in [5.41, 5.74) is -1.12. The maximum Gasteiger partial charge on any atom is 0.312 e. The minimum atomic E-state index is -1.12. The van der Waals surface area contributed by atoms with Gasteiger partial charge >= 0.3 is 5.97 Å². The number of nitrogens with zero attached hydrogens (tertiary/aromatic N) is 2. The van der Waals surface area contributed by atoms with E-state index in [2.05, 4.69) is 22.5 Å². The zero-order valence-corrected chi connectivity index (χ0v) is 21.7. The highest BCUT2D eigenvalue weighted by atomic mass is 79.9. The van der Waals surface area contributed by atoms with Crippen molar-refractivity contribution in [3.8, 4) is 0 Å². The van der Waals surface area contributed by atoms with Gasteiger partial charge < -0.3 is 24.4 Å². The summed E-state index contributed by atoms with van der Waals surface area (Å²) in [5.74, 6) is -2.49. The van der Waals surface area contributed by atoms with Crippen LogP contribution in [-0.4, -0.2) is 87.1 Å². The van der Waals surface area contributed by atoms with Crippen LogP contribution < -0.4 is 0 Å². The number of halogens is 1. The molecule has 4 aliphatic rings. The van der Waals surface area contributed by atoms with Gasteiger partial charge in [-0.05, 0) is 32.6 Å². The van der Waals surface area contributed by atoms with Crippen LogP contribution in [0.5, 0.6) is 0 Å². The first-order valence-electron chi connectivity index (χ1n) is 12.7. The normalized spacial score (nSPS) is 35.8. The zero-order valence-electron chi connectivity index (χ0n) is 20.2. The second-order valence-electron chi connectivity index (χ2n) is 9.98. The van der Waals surface area contributed by atoms with E-state index in [1.165, 1.54) is 0 Å². The fourth-order valence-electron chi connectivity index (χ4n) is 6.77. The molecule has 8 nitrogen and oxygen atoms in total. The summed E-state index contributed by atoms with van der Waals surface area (Å²) in [6.45, 7) is 7.83. The summed E-state index contributed by atoms with van der Waals surface area (Å²) in [7, 11) is 0. The van der Waals surface area contributed by atoms with E-state index in [-0.39, 0.29) is 35.9 Å². The van der Waals surface area contributed by atoms with Crippen LogP contribution in [0.15, 0.2) is 12.7 Å². The average Bonchev–Trinajstić information content (AvgIpc) is 3.42. The number of alkyl halides is 1. The summed E-state index contributed by atoms with van der Waals surface area (Å²) in [6.07, 6.45) is 7.27. The first-order valence-corrected chi connectivity index (χ1v) is 13.6. The topological polar surface area (TPSA) is 96.4 Å². The first kappa shape index (κ1) is 25.6. The third kappa shape index (κ3) is 3.91. The number of amides is 2. The highest BCUT2D eigenvalue weighted by Crippen LogP contribution is 2.60. The molecular formula is C25H37BrN2O6. The Morgan fingerprint density at radius 3 is 2.65 bits per heavy atom. The van der Waals surface area contributed by atoms with Crippen LogP contribution in [0.25, 0.3) is 0 Å². The van der Waals surface area contributed by atoms with Crippen molar-refractivity contribution >= 4 is 33.7 Å². The van der Waals surface area contributed by atoms with E-state index in [4.69, 9.17) is 9.47 Å². The SMILES string of the molecule is C=CCN(C(=O)[C@H]1N([C@@H](CC)CO)C(=O)[C@@H]2[C@@H](C(=O)OCC)[C@@H]3O[C@@]21CC3Br)C1CCCCC1. The number of fused-ring (bicyclic) bond motifs is 1. The number of likely N-dealkylation sites (tertiary alicyclic amines) is 1. The number of hydrogen-bond acceptors (Lipinski definition) is 6. The summed E-state index contributed by atoms with van der Waals surface area (Å²) >= 11 is 3.67. The molecule has 0 radical (unpaired) electrons. The second kappa shape index (κ2) is 10.3. The van der Waals surface area contributed by atoms with Gasteiger partial charge in [0.1, 0.15) is 11.6 Å². The molecule has 3 saturated heterocycles. The van der Waals surface area contributed by atoms with E-state index in [0.717, 1.165) is 32.1 Å². The maximum atomic E-state index is 14.4. The second-order valence-corrected chi connectivity index (χ2v) is 11.2. The Bertz CT molecular complexity index is 813. The molecule has 7 atom stereocenters. The van der Waals surface area contributed by atoms with Crippen molar-refractivity contribution in [3.05, 3.63) is 12.7 Å². The fraction of sp³-hybridized carbons (Fsp3) is 0.800. The van der Waals surface area contributed by atoms with E-state index in [1.807, 2.05) is 11.8 Å². The van der Waals surface area contributed by atoms with E-state index in [9.17, 15) is 19.5 Å². The molecule has 1 spiro atoms. The predicted molar refractivity (Wildman–Crippen MR) is 129 cm³/mol. The Labute approximate surface area is 210 Å². The van der Waals surface area contributed by atoms with Gasteiger partial charge in [-0.15, -0.1) is 6.58 Å². The van der Waals surface area contributed by atoms with Crippen LogP contribution in [0.1, 0.15) is 58.8 Å². The zero-order chi connectivity index (χ0) is 24.6. The molecule has 0 aromatic rings. The van der Waals surface area contributed by atoms with Gasteiger partial charge in [0.05, 0.1) is 37.2 Å². The fourth-order valence-corrected chi connectivity index (χ4v) is 7.71. The van der Waals surface area contributed by atoms with Crippen LogP contribution in [0.3, 0.4) is 0 Å². The number of esters is 1. The van der Waals surface area contributed by atoms with Crippen molar-refractivity contribution in [2.24, 2.45) is 11.8 Å². The number of rotatable bonds is 9. The van der Waals surface area contributed by atoms with Crippen LogP contribution >= 0.6 is 15.9 Å². The third-order valence-electron chi connectivity index (χ3n) is 8.22. The number of carbonyl (C=O) groups is 3. The highest BCUT2D eigenvalue weighted by molar-refractivity contribution is 9.09. The Kier molecular flexibility index (Phi) is 7.74. The number of aliphatic hydroxyl groups excluding tert-OH is 1. The van der Waals surface area contributed by atoms with Gasteiger partial charge in [-0.1, -0.05) is 48.2 Å². The Morgan fingerprint density at radius 1 is 1.35 bits per heavy atom. The van der Waals surface area contributed by atoms with Crippen LogP contribution in [0, 0.1) is 11.8 Å². The number of aliphatic hydroxyl groups is 1. The lowest BCUT2D eigenvalue weighted by Crippen LogP contribution is -2.60. The molecule has 1 unspecified atom stereocenters. The number of hydrogen-bond donors (Lipinski definition) is 1. The third-order valence-corrected chi connectivity index (χ3v) is 9.06. The highest BCUT2D eigenvalue weighted by Gasteiger charge is 2.77. The van der Waals surface area contributed by atoms with Crippen molar-refractivity contribution in [2.75, 3.05) is 19.8 Å².